The van der Waals surface area contributed by atoms with E-state index < -0.39 is 17.9 Å². The highest BCUT2D eigenvalue weighted by Gasteiger charge is 2.13. The van der Waals surface area contributed by atoms with Gasteiger partial charge >= 0.3 is 6.09 Å². The predicted octanol–water partition coefficient (Wildman–Crippen LogP) is 0.954. The van der Waals surface area contributed by atoms with Crippen LogP contribution in [0, 0.1) is 0 Å². The van der Waals surface area contributed by atoms with E-state index in [1.54, 1.807) is 0 Å². The summed E-state index contributed by atoms with van der Waals surface area (Å²) >= 11 is 5.52. The SMILES string of the molecule is CCCOC(O)CC(Cl)NC(=O)O. The Hall–Kier alpha value is -0.520. The molecule has 0 saturated heterocycles. The normalized spacial score (nSPS) is 15.0. The molecule has 0 spiro atoms. The molecule has 2 unspecified atom stereocenters. The van der Waals surface area contributed by atoms with Crippen LogP contribution in [0.15, 0.2) is 0 Å². The zero-order valence-electron chi connectivity index (χ0n) is 7.36. The van der Waals surface area contributed by atoms with Crippen molar-refractivity contribution in [1.82, 2.24) is 5.32 Å². The summed E-state index contributed by atoms with van der Waals surface area (Å²) in [7, 11) is 0. The molecule has 0 aromatic carbocycles. The van der Waals surface area contributed by atoms with Gasteiger partial charge < -0.3 is 20.3 Å². The molecule has 0 aliphatic rings. The highest BCUT2D eigenvalue weighted by molar-refractivity contribution is 6.21. The van der Waals surface area contributed by atoms with Crippen LogP contribution in [0.1, 0.15) is 19.8 Å². The molecule has 0 heterocycles. The second kappa shape index (κ2) is 6.94. The molecule has 0 fully saturated rings. The molecule has 0 aliphatic heterocycles. The quantitative estimate of drug-likeness (QED) is 0.347. The molecule has 0 aliphatic carbocycles. The first-order chi connectivity index (χ1) is 6.06. The summed E-state index contributed by atoms with van der Waals surface area (Å²) in [4.78, 5) is 10.1. The summed E-state index contributed by atoms with van der Waals surface area (Å²) in [6.45, 7) is 2.33. The number of carboxylic acid groups (broad SMARTS) is 1. The molecule has 0 saturated carbocycles. The smallest absolute Gasteiger partial charge is 0.405 e. The Morgan fingerprint density at radius 1 is 1.69 bits per heavy atom. The number of hydrogen-bond donors (Lipinski definition) is 3. The number of amides is 1. The largest absolute Gasteiger partial charge is 0.465 e. The van der Waals surface area contributed by atoms with Gasteiger partial charge in [-0.25, -0.2) is 4.79 Å². The molecular formula is C7H14ClNO4. The van der Waals surface area contributed by atoms with E-state index >= 15 is 0 Å². The maximum atomic E-state index is 10.1. The van der Waals surface area contributed by atoms with Crippen molar-refractivity contribution in [2.75, 3.05) is 6.61 Å². The van der Waals surface area contributed by atoms with E-state index in [2.05, 4.69) is 0 Å². The highest BCUT2D eigenvalue weighted by atomic mass is 35.5. The van der Waals surface area contributed by atoms with Gasteiger partial charge in [0.2, 0.25) is 0 Å². The Morgan fingerprint density at radius 2 is 2.31 bits per heavy atom. The van der Waals surface area contributed by atoms with Crippen LogP contribution in [0.2, 0.25) is 0 Å². The predicted molar refractivity (Wildman–Crippen MR) is 47.7 cm³/mol. The highest BCUT2D eigenvalue weighted by Crippen LogP contribution is 2.04. The second-order valence-electron chi connectivity index (χ2n) is 2.48. The zero-order chi connectivity index (χ0) is 10.3. The number of rotatable bonds is 6. The third kappa shape index (κ3) is 7.83. The third-order valence-electron chi connectivity index (χ3n) is 1.20. The van der Waals surface area contributed by atoms with E-state index in [1.165, 1.54) is 0 Å². The standard InChI is InChI=1S/C7H14ClNO4/c1-2-3-13-6(10)4-5(8)9-7(11)12/h5-6,9-10H,2-4H2,1H3,(H,11,12). The minimum absolute atomic E-state index is 0.0356. The molecule has 0 aromatic rings. The molecule has 78 valence electrons. The first-order valence-corrected chi connectivity index (χ1v) is 4.43. The van der Waals surface area contributed by atoms with Gasteiger partial charge in [-0.2, -0.15) is 0 Å². The van der Waals surface area contributed by atoms with Crippen molar-refractivity contribution < 1.29 is 19.7 Å². The first-order valence-electron chi connectivity index (χ1n) is 3.99. The van der Waals surface area contributed by atoms with Crippen LogP contribution in [0.25, 0.3) is 0 Å². The van der Waals surface area contributed by atoms with Gasteiger partial charge in [-0.1, -0.05) is 18.5 Å². The van der Waals surface area contributed by atoms with Gasteiger partial charge in [0, 0.05) is 13.0 Å². The molecule has 6 heteroatoms. The van der Waals surface area contributed by atoms with E-state index in [0.717, 1.165) is 6.42 Å². The zero-order valence-corrected chi connectivity index (χ0v) is 8.12. The molecule has 0 bridgehead atoms. The van der Waals surface area contributed by atoms with Gasteiger partial charge in [0.25, 0.3) is 0 Å². The minimum Gasteiger partial charge on any atom is -0.465 e. The lowest BCUT2D eigenvalue weighted by molar-refractivity contribution is -0.103. The monoisotopic (exact) mass is 211 g/mol. The molecular weight excluding hydrogens is 198 g/mol. The van der Waals surface area contributed by atoms with Crippen LogP contribution in [0.3, 0.4) is 0 Å². The second-order valence-corrected chi connectivity index (χ2v) is 3.00. The summed E-state index contributed by atoms with van der Waals surface area (Å²) in [6.07, 6.45) is -1.42. The van der Waals surface area contributed by atoms with E-state index in [-0.39, 0.29) is 6.42 Å². The summed E-state index contributed by atoms with van der Waals surface area (Å²) < 4.78 is 4.88. The minimum atomic E-state index is -1.22. The maximum Gasteiger partial charge on any atom is 0.405 e. The number of ether oxygens (including phenoxy) is 1. The molecule has 3 N–H and O–H groups in total. The number of hydrogen-bond acceptors (Lipinski definition) is 3. The number of aliphatic hydroxyl groups is 1. The van der Waals surface area contributed by atoms with Crippen molar-refractivity contribution in [1.29, 1.82) is 0 Å². The summed E-state index contributed by atoms with van der Waals surface area (Å²) in [6, 6.07) is 0. The molecule has 0 radical (unpaired) electrons. The number of nitrogens with one attached hydrogen (secondary N) is 1. The van der Waals surface area contributed by atoms with E-state index in [1.807, 2.05) is 12.2 Å². The Bertz CT molecular complexity index is 155. The van der Waals surface area contributed by atoms with Gasteiger partial charge in [-0.15, -0.1) is 0 Å². The van der Waals surface area contributed by atoms with Crippen LogP contribution in [0.4, 0.5) is 4.79 Å². The van der Waals surface area contributed by atoms with Gasteiger partial charge in [-0.3, -0.25) is 0 Å². The first kappa shape index (κ1) is 12.5. The number of alkyl halides is 1. The number of halogens is 1. The van der Waals surface area contributed by atoms with Gasteiger partial charge in [0.1, 0.15) is 5.50 Å². The molecule has 0 rings (SSSR count). The van der Waals surface area contributed by atoms with E-state index in [0.29, 0.717) is 6.61 Å². The van der Waals surface area contributed by atoms with Crippen LogP contribution in [-0.4, -0.2) is 34.7 Å². The summed E-state index contributed by atoms with van der Waals surface area (Å²) in [5, 5.41) is 19.4. The maximum absolute atomic E-state index is 10.1. The van der Waals surface area contributed by atoms with Crippen LogP contribution in [0.5, 0.6) is 0 Å². The molecule has 0 aromatic heterocycles. The average Bonchev–Trinajstić information content (AvgIpc) is 1.98. The van der Waals surface area contributed by atoms with Crippen molar-refractivity contribution in [3.05, 3.63) is 0 Å². The van der Waals surface area contributed by atoms with Crippen LogP contribution < -0.4 is 5.32 Å². The van der Waals surface area contributed by atoms with Crippen LogP contribution in [-0.2, 0) is 4.74 Å². The Kier molecular flexibility index (Phi) is 6.66. The molecule has 13 heavy (non-hydrogen) atoms. The van der Waals surface area contributed by atoms with E-state index in [4.69, 9.17) is 26.6 Å². The molecule has 2 atom stereocenters. The lowest BCUT2D eigenvalue weighted by Gasteiger charge is -2.14. The summed E-state index contributed by atoms with van der Waals surface area (Å²) in [5.41, 5.74) is -0.829. The molecule has 1 amide bonds. The van der Waals surface area contributed by atoms with Gasteiger partial charge in [0.05, 0.1) is 0 Å². The lowest BCUT2D eigenvalue weighted by Crippen LogP contribution is -2.33. The summed E-state index contributed by atoms with van der Waals surface area (Å²) in [5.74, 6) is 0. The van der Waals surface area contributed by atoms with E-state index in [9.17, 15) is 4.79 Å². The third-order valence-corrected chi connectivity index (χ3v) is 1.49. The fraction of sp³-hybridized carbons (Fsp3) is 0.857. The van der Waals surface area contributed by atoms with Crippen molar-refractivity contribution in [3.63, 3.8) is 0 Å². The fourth-order valence-corrected chi connectivity index (χ4v) is 0.938. The number of aliphatic hydroxyl groups excluding tert-OH is 1. The Labute approximate surface area is 81.6 Å². The van der Waals surface area contributed by atoms with Crippen molar-refractivity contribution in [3.8, 4) is 0 Å². The fourth-order valence-electron chi connectivity index (χ4n) is 0.692. The van der Waals surface area contributed by atoms with Crippen LogP contribution >= 0.6 is 11.6 Å². The van der Waals surface area contributed by atoms with Gasteiger partial charge in [-0.05, 0) is 6.42 Å². The Morgan fingerprint density at radius 3 is 2.77 bits per heavy atom. The Balaban J connectivity index is 3.52. The topological polar surface area (TPSA) is 78.8 Å². The van der Waals surface area contributed by atoms with Crippen molar-refractivity contribution in [2.45, 2.75) is 31.6 Å². The van der Waals surface area contributed by atoms with Gasteiger partial charge in [0.15, 0.2) is 6.29 Å². The average molecular weight is 212 g/mol. The van der Waals surface area contributed by atoms with Crippen molar-refractivity contribution >= 4 is 17.7 Å². The van der Waals surface area contributed by atoms with Crippen molar-refractivity contribution in [2.24, 2.45) is 0 Å². The lowest BCUT2D eigenvalue weighted by atomic mass is 10.4. The number of carbonyl (C=O) groups is 1. The molecule has 5 nitrogen and oxygen atoms in total.